The molecule has 0 aliphatic carbocycles. The molecule has 0 radical (unpaired) electrons. The summed E-state index contributed by atoms with van der Waals surface area (Å²) in [5, 5.41) is 2.56. The van der Waals surface area contributed by atoms with Crippen molar-refractivity contribution in [1.82, 2.24) is 0 Å². The first kappa shape index (κ1) is 18.0. The van der Waals surface area contributed by atoms with Crippen LogP contribution in [0, 0.1) is 11.8 Å². The van der Waals surface area contributed by atoms with Crippen molar-refractivity contribution in [3.63, 3.8) is 0 Å². The second-order valence-corrected chi connectivity index (χ2v) is 7.18. The van der Waals surface area contributed by atoms with Crippen LogP contribution in [-0.2, 0) is 6.54 Å². The van der Waals surface area contributed by atoms with Crippen LogP contribution in [0.5, 0.6) is 0 Å². The Morgan fingerprint density at radius 1 is 0.962 bits per heavy atom. The smallest absolute Gasteiger partial charge is 0.0722 e. The molecule has 3 aromatic rings. The fourth-order valence-electron chi connectivity index (χ4n) is 3.05. The molecule has 0 bridgehead atoms. The minimum atomic E-state index is -0.478. The molecule has 2 nitrogen and oxygen atoms in total. The molecule has 2 N–H and O–H groups in total. The van der Waals surface area contributed by atoms with Gasteiger partial charge in [0.15, 0.2) is 0 Å². The molecule has 0 atom stereocenters. The van der Waals surface area contributed by atoms with Gasteiger partial charge in [0, 0.05) is 29.7 Å². The summed E-state index contributed by atoms with van der Waals surface area (Å²) in [6, 6.07) is 23.5. The molecule has 0 aliphatic rings. The van der Waals surface area contributed by atoms with Crippen LogP contribution < -0.4 is 10.6 Å². The molecule has 2 heteroatoms. The highest BCUT2D eigenvalue weighted by Gasteiger charge is 2.09. The molecule has 0 aromatic heterocycles. The van der Waals surface area contributed by atoms with E-state index in [2.05, 4.69) is 84.3 Å². The number of nitrogens with two attached hydrogens (primary N) is 1. The summed E-state index contributed by atoms with van der Waals surface area (Å²) >= 11 is 0. The molecule has 0 unspecified atom stereocenters. The van der Waals surface area contributed by atoms with E-state index in [1.807, 2.05) is 19.9 Å². The quantitative estimate of drug-likeness (QED) is 0.679. The number of anilines is 1. The Morgan fingerprint density at radius 3 is 2.46 bits per heavy atom. The van der Waals surface area contributed by atoms with E-state index in [0.717, 1.165) is 18.7 Å². The maximum Gasteiger partial charge on any atom is 0.0722 e. The van der Waals surface area contributed by atoms with Gasteiger partial charge in [-0.2, -0.15) is 0 Å². The predicted molar refractivity (Wildman–Crippen MR) is 112 cm³/mol. The van der Waals surface area contributed by atoms with Gasteiger partial charge in [-0.25, -0.2) is 0 Å². The SMILES string of the molecule is CCN(Cc1cccc(C#CC(C)(C)N)c1)c1cccc2ccccc12. The van der Waals surface area contributed by atoms with Gasteiger partial charge in [0.05, 0.1) is 5.54 Å². The molecule has 3 aromatic carbocycles. The Morgan fingerprint density at radius 2 is 1.69 bits per heavy atom. The number of fused-ring (bicyclic) bond motifs is 1. The van der Waals surface area contributed by atoms with Gasteiger partial charge < -0.3 is 10.6 Å². The molecular formula is C24H26N2. The lowest BCUT2D eigenvalue weighted by atomic mass is 10.1. The van der Waals surface area contributed by atoms with E-state index in [-0.39, 0.29) is 0 Å². The number of benzene rings is 3. The Labute approximate surface area is 156 Å². The van der Waals surface area contributed by atoms with Gasteiger partial charge in [-0.3, -0.25) is 0 Å². The average Bonchev–Trinajstić information content (AvgIpc) is 2.64. The van der Waals surface area contributed by atoms with E-state index in [0.29, 0.717) is 0 Å². The van der Waals surface area contributed by atoms with Crippen LogP contribution in [0.2, 0.25) is 0 Å². The maximum absolute atomic E-state index is 5.97. The molecule has 3 rings (SSSR count). The van der Waals surface area contributed by atoms with Gasteiger partial charge in [0.2, 0.25) is 0 Å². The van der Waals surface area contributed by atoms with Crippen LogP contribution in [0.25, 0.3) is 10.8 Å². The molecule has 132 valence electrons. The second kappa shape index (κ2) is 7.64. The second-order valence-electron chi connectivity index (χ2n) is 7.18. The Balaban J connectivity index is 1.90. The minimum Gasteiger partial charge on any atom is -0.367 e. The maximum atomic E-state index is 5.97. The minimum absolute atomic E-state index is 0.478. The standard InChI is InChI=1S/C24H26N2/c1-4-26(23-14-8-12-21-11-5-6-13-22(21)23)18-20-10-7-9-19(17-20)15-16-24(2,3)25/h5-14,17H,4,18,25H2,1-3H3. The van der Waals surface area contributed by atoms with E-state index in [9.17, 15) is 0 Å². The number of nitrogens with zero attached hydrogens (tertiary/aromatic N) is 1. The largest absolute Gasteiger partial charge is 0.367 e. The fourth-order valence-corrected chi connectivity index (χ4v) is 3.05. The summed E-state index contributed by atoms with van der Waals surface area (Å²) in [5.74, 6) is 6.29. The van der Waals surface area contributed by atoms with Crippen molar-refractivity contribution < 1.29 is 0 Å². The van der Waals surface area contributed by atoms with Crippen LogP contribution in [0.1, 0.15) is 31.9 Å². The zero-order chi connectivity index (χ0) is 18.6. The number of rotatable bonds is 4. The van der Waals surface area contributed by atoms with Crippen LogP contribution in [0.3, 0.4) is 0 Å². The van der Waals surface area contributed by atoms with Gasteiger partial charge in [0.1, 0.15) is 0 Å². The first-order valence-electron chi connectivity index (χ1n) is 9.10. The van der Waals surface area contributed by atoms with Gasteiger partial charge in [-0.1, -0.05) is 60.4 Å². The van der Waals surface area contributed by atoms with Crippen molar-refractivity contribution in [2.45, 2.75) is 32.9 Å². The first-order valence-corrected chi connectivity index (χ1v) is 9.10. The topological polar surface area (TPSA) is 29.3 Å². The van der Waals surface area contributed by atoms with Crippen molar-refractivity contribution in [1.29, 1.82) is 0 Å². The fraction of sp³-hybridized carbons (Fsp3) is 0.250. The van der Waals surface area contributed by atoms with Crippen molar-refractivity contribution in [3.05, 3.63) is 77.9 Å². The third-order valence-corrected chi connectivity index (χ3v) is 4.32. The normalized spacial score (nSPS) is 11.1. The third-order valence-electron chi connectivity index (χ3n) is 4.32. The van der Waals surface area contributed by atoms with Crippen molar-refractivity contribution in [3.8, 4) is 11.8 Å². The van der Waals surface area contributed by atoms with E-state index >= 15 is 0 Å². The molecule has 26 heavy (non-hydrogen) atoms. The highest BCUT2D eigenvalue weighted by molar-refractivity contribution is 5.94. The number of hydrogen-bond acceptors (Lipinski definition) is 2. The van der Waals surface area contributed by atoms with Gasteiger partial charge in [0.25, 0.3) is 0 Å². The molecule has 0 saturated carbocycles. The molecule has 0 spiro atoms. The molecular weight excluding hydrogens is 316 g/mol. The lowest BCUT2D eigenvalue weighted by Crippen LogP contribution is -2.29. The highest BCUT2D eigenvalue weighted by Crippen LogP contribution is 2.27. The molecule has 0 heterocycles. The van der Waals surface area contributed by atoms with E-state index in [1.54, 1.807) is 0 Å². The van der Waals surface area contributed by atoms with Crippen molar-refractivity contribution >= 4 is 16.5 Å². The van der Waals surface area contributed by atoms with Crippen molar-refractivity contribution in [2.24, 2.45) is 5.73 Å². The Kier molecular flexibility index (Phi) is 5.30. The molecule has 0 saturated heterocycles. The van der Waals surface area contributed by atoms with Crippen molar-refractivity contribution in [2.75, 3.05) is 11.4 Å². The summed E-state index contributed by atoms with van der Waals surface area (Å²) in [5.41, 5.74) is 9.02. The summed E-state index contributed by atoms with van der Waals surface area (Å²) in [7, 11) is 0. The lowest BCUT2D eigenvalue weighted by molar-refractivity contribution is 0.680. The zero-order valence-electron chi connectivity index (χ0n) is 15.8. The predicted octanol–water partition coefficient (Wildman–Crippen LogP) is 4.96. The summed E-state index contributed by atoms with van der Waals surface area (Å²) in [4.78, 5) is 2.40. The molecule has 0 amide bonds. The van der Waals surface area contributed by atoms with Crippen LogP contribution in [-0.4, -0.2) is 12.1 Å². The zero-order valence-corrected chi connectivity index (χ0v) is 15.8. The van der Waals surface area contributed by atoms with Gasteiger partial charge in [-0.15, -0.1) is 0 Å². The molecule has 0 aliphatic heterocycles. The van der Waals surface area contributed by atoms with E-state index in [4.69, 9.17) is 5.73 Å². The Hall–Kier alpha value is -2.76. The van der Waals surface area contributed by atoms with Gasteiger partial charge >= 0.3 is 0 Å². The average molecular weight is 342 g/mol. The third kappa shape index (κ3) is 4.45. The summed E-state index contributed by atoms with van der Waals surface area (Å²) < 4.78 is 0. The monoisotopic (exact) mass is 342 g/mol. The summed E-state index contributed by atoms with van der Waals surface area (Å²) in [6.45, 7) is 7.83. The first-order chi connectivity index (χ1) is 12.5. The summed E-state index contributed by atoms with van der Waals surface area (Å²) in [6.07, 6.45) is 0. The lowest BCUT2D eigenvalue weighted by Gasteiger charge is -2.25. The van der Waals surface area contributed by atoms with Crippen LogP contribution >= 0.6 is 0 Å². The van der Waals surface area contributed by atoms with E-state index in [1.165, 1.54) is 22.0 Å². The van der Waals surface area contributed by atoms with E-state index < -0.39 is 5.54 Å². The highest BCUT2D eigenvalue weighted by atomic mass is 15.1. The molecule has 0 fully saturated rings. The van der Waals surface area contributed by atoms with Crippen LogP contribution in [0.15, 0.2) is 66.7 Å². The van der Waals surface area contributed by atoms with Crippen LogP contribution in [0.4, 0.5) is 5.69 Å². The Bertz CT molecular complexity index is 950. The number of hydrogen-bond donors (Lipinski definition) is 1. The van der Waals surface area contributed by atoms with Gasteiger partial charge in [-0.05, 0) is 49.9 Å².